The second-order valence-corrected chi connectivity index (χ2v) is 1.55. The van der Waals surface area contributed by atoms with E-state index >= 15 is 0 Å². The minimum atomic E-state index is -0.433. The summed E-state index contributed by atoms with van der Waals surface area (Å²) in [4.78, 5) is 20.0. The molecule has 0 aromatic carbocycles. The van der Waals surface area contributed by atoms with Crippen molar-refractivity contribution in [2.24, 2.45) is 0 Å². The van der Waals surface area contributed by atoms with E-state index in [4.69, 9.17) is 11.6 Å². The maximum Gasteiger partial charge on any atom is 0.307 e. The lowest BCUT2D eigenvalue weighted by molar-refractivity contribution is -0.142. The molecule has 52 valence electrons. The minimum Gasteiger partial charge on any atom is -0.449 e. The second kappa shape index (κ2) is 5.56. The number of aldehydes is 1. The van der Waals surface area contributed by atoms with Gasteiger partial charge in [0.1, 0.15) is 6.29 Å². The highest BCUT2D eigenvalue weighted by Gasteiger charge is 1.98. The third-order valence-electron chi connectivity index (χ3n) is 0.682. The van der Waals surface area contributed by atoms with E-state index in [9.17, 15) is 9.59 Å². The quantitative estimate of drug-likeness (QED) is 0.337. The zero-order valence-electron chi connectivity index (χ0n) is 4.80. The van der Waals surface area contributed by atoms with Gasteiger partial charge in [0.15, 0.2) is 6.07 Å². The summed E-state index contributed by atoms with van der Waals surface area (Å²) in [5.41, 5.74) is 0. The van der Waals surface area contributed by atoms with Gasteiger partial charge in [0.05, 0.1) is 6.42 Å². The number of rotatable bonds is 4. The summed E-state index contributed by atoms with van der Waals surface area (Å²) in [6.45, 7) is 0. The average molecular weight is 151 g/mol. The van der Waals surface area contributed by atoms with Crippen molar-refractivity contribution in [2.45, 2.75) is 12.8 Å². The van der Waals surface area contributed by atoms with Gasteiger partial charge in [-0.25, -0.2) is 0 Å². The van der Waals surface area contributed by atoms with Gasteiger partial charge in [-0.05, 0) is 0 Å². The van der Waals surface area contributed by atoms with Crippen molar-refractivity contribution in [1.82, 2.24) is 0 Å². The molecule has 0 atom stereocenters. The van der Waals surface area contributed by atoms with E-state index in [1.165, 1.54) is 0 Å². The van der Waals surface area contributed by atoms with Crippen LogP contribution >= 0.6 is 11.6 Å². The summed E-state index contributed by atoms with van der Waals surface area (Å²) in [5.74, 6) is -0.433. The molecule has 0 aliphatic heterocycles. The van der Waals surface area contributed by atoms with Crippen LogP contribution in [0.1, 0.15) is 12.8 Å². The van der Waals surface area contributed by atoms with Gasteiger partial charge in [-0.1, -0.05) is 11.6 Å². The SMILES string of the molecule is O=CCCC(=O)OCCl. The van der Waals surface area contributed by atoms with E-state index in [-0.39, 0.29) is 18.9 Å². The van der Waals surface area contributed by atoms with Crippen LogP contribution in [0.15, 0.2) is 0 Å². The van der Waals surface area contributed by atoms with Crippen molar-refractivity contribution in [3.63, 3.8) is 0 Å². The number of halogens is 1. The van der Waals surface area contributed by atoms with Crippen molar-refractivity contribution in [2.75, 3.05) is 6.07 Å². The van der Waals surface area contributed by atoms with Gasteiger partial charge in [0, 0.05) is 6.42 Å². The number of carbonyl (C=O) groups is 2. The first-order chi connectivity index (χ1) is 4.31. The van der Waals surface area contributed by atoms with Gasteiger partial charge in [-0.3, -0.25) is 4.79 Å². The van der Waals surface area contributed by atoms with Gasteiger partial charge in [0.2, 0.25) is 0 Å². The molecule has 0 N–H and O–H groups in total. The Kier molecular flexibility index (Phi) is 5.21. The number of hydrogen-bond acceptors (Lipinski definition) is 3. The predicted octanol–water partition coefficient (Wildman–Crippen LogP) is 0.705. The molecular formula is C5H7ClO3. The smallest absolute Gasteiger partial charge is 0.307 e. The molecule has 0 aliphatic carbocycles. The normalized spacial score (nSPS) is 8.56. The number of hydrogen-bond donors (Lipinski definition) is 0. The van der Waals surface area contributed by atoms with Crippen LogP contribution < -0.4 is 0 Å². The van der Waals surface area contributed by atoms with Crippen LogP contribution in [0.3, 0.4) is 0 Å². The molecule has 0 spiro atoms. The van der Waals surface area contributed by atoms with Gasteiger partial charge in [0.25, 0.3) is 0 Å². The van der Waals surface area contributed by atoms with Gasteiger partial charge < -0.3 is 9.53 Å². The van der Waals surface area contributed by atoms with E-state index in [1.54, 1.807) is 0 Å². The van der Waals surface area contributed by atoms with Crippen molar-refractivity contribution in [3.8, 4) is 0 Å². The molecular weight excluding hydrogens is 144 g/mol. The first-order valence-corrected chi connectivity index (χ1v) is 3.00. The summed E-state index contributed by atoms with van der Waals surface area (Å²) in [6, 6.07) is -0.141. The highest BCUT2D eigenvalue weighted by Crippen LogP contribution is 1.90. The summed E-state index contributed by atoms with van der Waals surface area (Å²) < 4.78 is 4.31. The van der Waals surface area contributed by atoms with Crippen molar-refractivity contribution < 1.29 is 14.3 Å². The van der Waals surface area contributed by atoms with Crippen LogP contribution in [0.2, 0.25) is 0 Å². The molecule has 0 amide bonds. The molecule has 0 saturated carbocycles. The molecule has 0 aromatic rings. The Bertz CT molecular complexity index is 102. The molecule has 0 radical (unpaired) electrons. The average Bonchev–Trinajstić information content (AvgIpc) is 1.85. The largest absolute Gasteiger partial charge is 0.449 e. The van der Waals surface area contributed by atoms with Crippen LogP contribution in [0, 0.1) is 0 Å². The van der Waals surface area contributed by atoms with Crippen LogP contribution in [0.4, 0.5) is 0 Å². The summed E-state index contributed by atoms with van der Waals surface area (Å²) >= 11 is 5.04. The summed E-state index contributed by atoms with van der Waals surface area (Å²) in [5, 5.41) is 0. The van der Waals surface area contributed by atoms with E-state index < -0.39 is 5.97 Å². The fourth-order valence-corrected chi connectivity index (χ4v) is 0.431. The lowest BCUT2D eigenvalue weighted by Gasteiger charge is -1.94. The van der Waals surface area contributed by atoms with E-state index in [0.29, 0.717) is 6.29 Å². The zero-order valence-corrected chi connectivity index (χ0v) is 5.56. The fourth-order valence-electron chi connectivity index (χ4n) is 0.310. The monoisotopic (exact) mass is 150 g/mol. The Morgan fingerprint density at radius 1 is 1.67 bits per heavy atom. The highest BCUT2D eigenvalue weighted by molar-refractivity contribution is 6.17. The van der Waals surface area contributed by atoms with Crippen molar-refractivity contribution >= 4 is 23.9 Å². The lowest BCUT2D eigenvalue weighted by Crippen LogP contribution is -2.02. The maximum absolute atomic E-state index is 10.3. The van der Waals surface area contributed by atoms with E-state index in [2.05, 4.69) is 4.74 Å². The van der Waals surface area contributed by atoms with Gasteiger partial charge in [-0.15, -0.1) is 0 Å². The molecule has 0 bridgehead atoms. The first kappa shape index (κ1) is 8.43. The Labute approximate surface area is 57.9 Å². The lowest BCUT2D eigenvalue weighted by atomic mass is 10.3. The van der Waals surface area contributed by atoms with Crippen molar-refractivity contribution in [1.29, 1.82) is 0 Å². The topological polar surface area (TPSA) is 43.4 Å². The van der Waals surface area contributed by atoms with Crippen LogP contribution in [-0.4, -0.2) is 18.3 Å². The van der Waals surface area contributed by atoms with E-state index in [1.807, 2.05) is 0 Å². The molecule has 4 heteroatoms. The molecule has 3 nitrogen and oxygen atoms in total. The van der Waals surface area contributed by atoms with Crippen molar-refractivity contribution in [3.05, 3.63) is 0 Å². The number of esters is 1. The first-order valence-electron chi connectivity index (χ1n) is 2.46. The second-order valence-electron chi connectivity index (χ2n) is 1.33. The van der Waals surface area contributed by atoms with Gasteiger partial charge in [-0.2, -0.15) is 0 Å². The molecule has 0 heterocycles. The Morgan fingerprint density at radius 2 is 2.33 bits per heavy atom. The molecule has 0 fully saturated rings. The molecule has 0 unspecified atom stereocenters. The third-order valence-corrected chi connectivity index (χ3v) is 0.791. The number of alkyl halides is 1. The van der Waals surface area contributed by atoms with E-state index in [0.717, 1.165) is 0 Å². The molecule has 0 aromatic heterocycles. The predicted molar refractivity (Wildman–Crippen MR) is 32.1 cm³/mol. The standard InChI is InChI=1S/C5H7ClO3/c6-4-9-5(8)2-1-3-7/h3H,1-2,4H2. The minimum absolute atomic E-state index is 0.121. The third kappa shape index (κ3) is 5.30. The van der Waals surface area contributed by atoms with Crippen LogP contribution in [0.5, 0.6) is 0 Å². The molecule has 0 aliphatic rings. The van der Waals surface area contributed by atoms with Crippen LogP contribution in [-0.2, 0) is 14.3 Å². The molecule has 9 heavy (non-hydrogen) atoms. The summed E-state index contributed by atoms with van der Waals surface area (Å²) in [7, 11) is 0. The highest BCUT2D eigenvalue weighted by atomic mass is 35.5. The molecule has 0 saturated heterocycles. The summed E-state index contributed by atoms with van der Waals surface area (Å²) in [6.07, 6.45) is 0.988. The van der Waals surface area contributed by atoms with Gasteiger partial charge >= 0.3 is 5.97 Å². The molecule has 0 rings (SSSR count). The number of ether oxygens (including phenoxy) is 1. The maximum atomic E-state index is 10.3. The number of carbonyl (C=O) groups excluding carboxylic acids is 2. The Morgan fingerprint density at radius 3 is 2.78 bits per heavy atom. The van der Waals surface area contributed by atoms with Crippen LogP contribution in [0.25, 0.3) is 0 Å². The zero-order chi connectivity index (χ0) is 7.11. The Hall–Kier alpha value is -0.570. The fraction of sp³-hybridized carbons (Fsp3) is 0.600. The Balaban J connectivity index is 3.16.